The van der Waals surface area contributed by atoms with Gasteiger partial charge in [-0.1, -0.05) is 71.5 Å². The highest BCUT2D eigenvalue weighted by Gasteiger charge is 2.15. The normalized spacial score (nSPS) is 11.3. The van der Waals surface area contributed by atoms with Gasteiger partial charge >= 0.3 is 0 Å². The molecule has 0 fully saturated rings. The second-order valence-corrected chi connectivity index (χ2v) is 7.82. The summed E-state index contributed by atoms with van der Waals surface area (Å²) < 4.78 is 26.9. The van der Waals surface area contributed by atoms with Crippen LogP contribution in [0, 0.1) is 6.92 Å². The highest BCUT2D eigenvalue weighted by molar-refractivity contribution is 7.92. The Bertz CT molecular complexity index is 889. The number of benzene rings is 2. The van der Waals surface area contributed by atoms with Gasteiger partial charge in [-0.05, 0) is 12.5 Å². The first-order valence-electron chi connectivity index (χ1n) is 6.97. The third kappa shape index (κ3) is 4.14. The second-order valence-electron chi connectivity index (χ2n) is 5.13. The Hall–Kier alpha value is -2.25. The van der Waals surface area contributed by atoms with Gasteiger partial charge < -0.3 is 0 Å². The predicted octanol–water partition coefficient (Wildman–Crippen LogP) is 3.46. The van der Waals surface area contributed by atoms with Crippen LogP contribution in [0.1, 0.15) is 11.1 Å². The maximum Gasteiger partial charge on any atom is 0.238 e. The molecule has 1 aromatic heterocycles. The van der Waals surface area contributed by atoms with Crippen molar-refractivity contribution in [3.63, 3.8) is 0 Å². The molecule has 5 nitrogen and oxygen atoms in total. The lowest BCUT2D eigenvalue weighted by molar-refractivity contribution is 0.600. The van der Waals surface area contributed by atoms with Crippen LogP contribution >= 0.6 is 11.3 Å². The number of hydrogen-bond acceptors (Lipinski definition) is 5. The molecule has 0 unspecified atom stereocenters. The van der Waals surface area contributed by atoms with E-state index in [9.17, 15) is 8.42 Å². The van der Waals surface area contributed by atoms with Crippen LogP contribution in [-0.4, -0.2) is 18.6 Å². The van der Waals surface area contributed by atoms with Crippen molar-refractivity contribution in [3.05, 3.63) is 65.7 Å². The number of sulfonamides is 1. The van der Waals surface area contributed by atoms with Crippen molar-refractivity contribution >= 4 is 26.5 Å². The first-order chi connectivity index (χ1) is 11.0. The molecule has 1 heterocycles. The van der Waals surface area contributed by atoms with E-state index in [4.69, 9.17) is 0 Å². The molecule has 2 aromatic carbocycles. The molecule has 3 rings (SSSR count). The quantitative estimate of drug-likeness (QED) is 0.769. The highest BCUT2D eigenvalue weighted by Crippen LogP contribution is 2.27. The zero-order valence-corrected chi connectivity index (χ0v) is 14.1. The molecule has 0 saturated heterocycles. The summed E-state index contributed by atoms with van der Waals surface area (Å²) in [7, 11) is -3.51. The summed E-state index contributed by atoms with van der Waals surface area (Å²) in [6.45, 7) is 2.01. The van der Waals surface area contributed by atoms with Crippen LogP contribution < -0.4 is 4.72 Å². The minimum absolute atomic E-state index is 0.0900. The van der Waals surface area contributed by atoms with Crippen molar-refractivity contribution in [3.8, 4) is 10.6 Å². The van der Waals surface area contributed by atoms with Crippen molar-refractivity contribution < 1.29 is 8.42 Å². The molecule has 23 heavy (non-hydrogen) atoms. The molecule has 0 aliphatic rings. The topological polar surface area (TPSA) is 72.0 Å². The summed E-state index contributed by atoms with van der Waals surface area (Å²) in [6, 6.07) is 16.9. The summed E-state index contributed by atoms with van der Waals surface area (Å²) in [5, 5.41) is 8.93. The van der Waals surface area contributed by atoms with Crippen LogP contribution in [0.15, 0.2) is 54.6 Å². The van der Waals surface area contributed by atoms with Crippen molar-refractivity contribution in [2.24, 2.45) is 0 Å². The van der Waals surface area contributed by atoms with Gasteiger partial charge in [0.1, 0.15) is 5.01 Å². The molecule has 3 aromatic rings. The van der Waals surface area contributed by atoms with Gasteiger partial charge in [0.15, 0.2) is 0 Å². The smallest absolute Gasteiger partial charge is 0.238 e. The molecular weight excluding hydrogens is 330 g/mol. The van der Waals surface area contributed by atoms with Crippen molar-refractivity contribution in [1.29, 1.82) is 0 Å². The number of nitrogens with one attached hydrogen (secondary N) is 1. The Balaban J connectivity index is 1.74. The Morgan fingerprint density at radius 1 is 1.00 bits per heavy atom. The molecule has 0 aliphatic carbocycles. The monoisotopic (exact) mass is 345 g/mol. The van der Waals surface area contributed by atoms with Crippen LogP contribution in [0.25, 0.3) is 10.6 Å². The minimum Gasteiger partial charge on any atom is -0.257 e. The van der Waals surface area contributed by atoms with Crippen molar-refractivity contribution in [2.75, 3.05) is 4.72 Å². The zero-order valence-electron chi connectivity index (χ0n) is 12.4. The van der Waals surface area contributed by atoms with Gasteiger partial charge in [-0.15, -0.1) is 10.2 Å². The van der Waals surface area contributed by atoms with Gasteiger partial charge in [-0.3, -0.25) is 4.72 Å². The van der Waals surface area contributed by atoms with Crippen LogP contribution in [0.3, 0.4) is 0 Å². The number of hydrogen-bond donors (Lipinski definition) is 1. The first-order valence-corrected chi connectivity index (χ1v) is 9.44. The van der Waals surface area contributed by atoms with Gasteiger partial charge in [0.2, 0.25) is 15.2 Å². The number of rotatable bonds is 5. The van der Waals surface area contributed by atoms with Gasteiger partial charge in [0.25, 0.3) is 0 Å². The third-order valence-corrected chi connectivity index (χ3v) is 5.40. The van der Waals surface area contributed by atoms with Gasteiger partial charge in [-0.25, -0.2) is 8.42 Å². The molecule has 0 radical (unpaired) electrons. The molecule has 0 aliphatic heterocycles. The number of anilines is 1. The lowest BCUT2D eigenvalue weighted by Crippen LogP contribution is -2.14. The van der Waals surface area contributed by atoms with Crippen molar-refractivity contribution in [1.82, 2.24) is 10.2 Å². The zero-order chi connectivity index (χ0) is 16.3. The fourth-order valence-corrected chi connectivity index (χ4v) is 4.20. The Kier molecular flexibility index (Phi) is 4.40. The van der Waals surface area contributed by atoms with Crippen LogP contribution in [0.5, 0.6) is 0 Å². The Labute approximate surface area is 139 Å². The summed E-state index contributed by atoms with van der Waals surface area (Å²) >= 11 is 1.22. The molecule has 0 amide bonds. The largest absolute Gasteiger partial charge is 0.257 e. The SMILES string of the molecule is Cc1ccc(-c2nnc(NS(=O)(=O)Cc3ccccc3)s2)cc1. The van der Waals surface area contributed by atoms with E-state index in [0.717, 1.165) is 16.7 Å². The maximum atomic E-state index is 12.2. The van der Waals surface area contributed by atoms with E-state index >= 15 is 0 Å². The Morgan fingerprint density at radius 2 is 1.70 bits per heavy atom. The van der Waals surface area contributed by atoms with E-state index in [-0.39, 0.29) is 10.9 Å². The minimum atomic E-state index is -3.51. The molecule has 1 N–H and O–H groups in total. The van der Waals surface area contributed by atoms with E-state index < -0.39 is 10.0 Å². The first kappa shape index (κ1) is 15.6. The molecule has 0 atom stereocenters. The molecule has 118 valence electrons. The van der Waals surface area contributed by atoms with Gasteiger partial charge in [-0.2, -0.15) is 0 Å². The van der Waals surface area contributed by atoms with Crippen LogP contribution in [0.4, 0.5) is 5.13 Å². The molecule has 0 spiro atoms. The maximum absolute atomic E-state index is 12.2. The van der Waals surface area contributed by atoms with E-state index in [2.05, 4.69) is 14.9 Å². The lowest BCUT2D eigenvalue weighted by atomic mass is 10.2. The average molecular weight is 345 g/mol. The highest BCUT2D eigenvalue weighted by atomic mass is 32.2. The third-order valence-electron chi connectivity index (χ3n) is 3.17. The molecular formula is C16H15N3O2S2. The summed E-state index contributed by atoms with van der Waals surface area (Å²) in [6.07, 6.45) is 0. The number of aryl methyl sites for hydroxylation is 1. The average Bonchev–Trinajstić information content (AvgIpc) is 2.96. The van der Waals surface area contributed by atoms with Gasteiger partial charge in [0, 0.05) is 5.56 Å². The van der Waals surface area contributed by atoms with Gasteiger partial charge in [0.05, 0.1) is 5.75 Å². The van der Waals surface area contributed by atoms with E-state index in [1.165, 1.54) is 11.3 Å². The fourth-order valence-electron chi connectivity index (χ4n) is 2.04. The summed E-state index contributed by atoms with van der Waals surface area (Å²) in [4.78, 5) is 0. The molecule has 7 heteroatoms. The Morgan fingerprint density at radius 3 is 2.39 bits per heavy atom. The van der Waals surface area contributed by atoms with Crippen LogP contribution in [-0.2, 0) is 15.8 Å². The number of aromatic nitrogens is 2. The molecule has 0 bridgehead atoms. The standard InChI is InChI=1S/C16H15N3O2S2/c1-12-7-9-14(10-8-12)15-17-18-16(22-15)19-23(20,21)11-13-5-3-2-4-6-13/h2-10H,11H2,1H3,(H,18,19). The van der Waals surface area contributed by atoms with E-state index in [0.29, 0.717) is 5.01 Å². The number of nitrogens with zero attached hydrogens (tertiary/aromatic N) is 2. The summed E-state index contributed by atoms with van der Waals surface area (Å²) in [5.41, 5.74) is 2.80. The lowest BCUT2D eigenvalue weighted by Gasteiger charge is -2.04. The van der Waals surface area contributed by atoms with Crippen molar-refractivity contribution in [2.45, 2.75) is 12.7 Å². The van der Waals surface area contributed by atoms with Crippen LogP contribution in [0.2, 0.25) is 0 Å². The second kappa shape index (κ2) is 6.47. The van der Waals surface area contributed by atoms with E-state index in [1.807, 2.05) is 49.4 Å². The predicted molar refractivity (Wildman–Crippen MR) is 92.8 cm³/mol. The molecule has 0 saturated carbocycles. The summed E-state index contributed by atoms with van der Waals surface area (Å²) in [5.74, 6) is -0.0900. The fraction of sp³-hybridized carbons (Fsp3) is 0.125. The van der Waals surface area contributed by atoms with E-state index in [1.54, 1.807) is 12.1 Å².